The van der Waals surface area contributed by atoms with Crippen LogP contribution >= 0.6 is 0 Å². The number of anilines is 2. The molecule has 3 N–H and O–H groups in total. The third-order valence-electron chi connectivity index (χ3n) is 4.15. The Bertz CT molecular complexity index is 434. The van der Waals surface area contributed by atoms with Crippen LogP contribution in [0.5, 0.6) is 11.5 Å². The lowest BCUT2D eigenvalue weighted by atomic mass is 9.98. The minimum absolute atomic E-state index is 0.666. The molecule has 4 heteroatoms. The molecule has 0 amide bonds. The van der Waals surface area contributed by atoms with Gasteiger partial charge in [-0.2, -0.15) is 0 Å². The van der Waals surface area contributed by atoms with Gasteiger partial charge in [-0.1, -0.05) is 19.8 Å². The number of nitrogens with two attached hydrogens (primary N) is 1. The summed E-state index contributed by atoms with van der Waals surface area (Å²) in [6.07, 6.45) is 3.99. The summed E-state index contributed by atoms with van der Waals surface area (Å²) in [7, 11) is 3.25. The maximum atomic E-state index is 6.04. The van der Waals surface area contributed by atoms with Crippen LogP contribution in [0.2, 0.25) is 0 Å². The van der Waals surface area contributed by atoms with E-state index < -0.39 is 0 Å². The second-order valence-corrected chi connectivity index (χ2v) is 5.34. The van der Waals surface area contributed by atoms with Crippen molar-refractivity contribution in [3.63, 3.8) is 0 Å². The Labute approximate surface area is 115 Å². The Balaban J connectivity index is 2.07. The number of methoxy groups -OCH3 is 2. The van der Waals surface area contributed by atoms with Crippen LogP contribution in [-0.4, -0.2) is 20.8 Å². The van der Waals surface area contributed by atoms with Gasteiger partial charge in [0.25, 0.3) is 0 Å². The van der Waals surface area contributed by atoms with Crippen LogP contribution < -0.4 is 20.5 Å². The molecule has 1 aromatic carbocycles. The molecule has 106 valence electrons. The summed E-state index contributed by atoms with van der Waals surface area (Å²) in [6.45, 7) is 3.30. The summed E-state index contributed by atoms with van der Waals surface area (Å²) in [4.78, 5) is 0. The number of benzene rings is 1. The lowest BCUT2D eigenvalue weighted by Crippen LogP contribution is -2.17. The van der Waals surface area contributed by atoms with E-state index in [0.29, 0.717) is 17.2 Å². The number of ether oxygens (including phenoxy) is 2. The Hall–Kier alpha value is -1.58. The lowest BCUT2D eigenvalue weighted by molar-refractivity contribution is 0.355. The molecule has 1 aromatic rings. The third kappa shape index (κ3) is 3.06. The molecule has 1 aliphatic carbocycles. The summed E-state index contributed by atoms with van der Waals surface area (Å²) in [6, 6.07) is 3.72. The van der Waals surface area contributed by atoms with E-state index in [1.165, 1.54) is 19.3 Å². The molecule has 0 radical (unpaired) electrons. The van der Waals surface area contributed by atoms with Crippen LogP contribution in [0.3, 0.4) is 0 Å². The number of nitrogen functional groups attached to an aromatic ring is 1. The van der Waals surface area contributed by atoms with Crippen LogP contribution in [0.15, 0.2) is 12.1 Å². The van der Waals surface area contributed by atoms with Crippen molar-refractivity contribution >= 4 is 11.4 Å². The molecule has 2 rings (SSSR count). The Morgan fingerprint density at radius 1 is 1.21 bits per heavy atom. The van der Waals surface area contributed by atoms with Crippen molar-refractivity contribution in [1.82, 2.24) is 0 Å². The van der Waals surface area contributed by atoms with Crippen molar-refractivity contribution in [2.24, 2.45) is 11.8 Å². The Kier molecular flexibility index (Phi) is 4.40. The van der Waals surface area contributed by atoms with Crippen molar-refractivity contribution in [2.75, 3.05) is 31.8 Å². The molecule has 0 saturated heterocycles. The highest BCUT2D eigenvalue weighted by Crippen LogP contribution is 2.36. The number of hydrogen-bond acceptors (Lipinski definition) is 4. The topological polar surface area (TPSA) is 56.5 Å². The van der Waals surface area contributed by atoms with E-state index in [2.05, 4.69) is 12.2 Å². The van der Waals surface area contributed by atoms with Gasteiger partial charge in [-0.25, -0.2) is 0 Å². The molecule has 0 aromatic heterocycles. The second kappa shape index (κ2) is 6.04. The fourth-order valence-corrected chi connectivity index (χ4v) is 2.81. The quantitative estimate of drug-likeness (QED) is 0.802. The van der Waals surface area contributed by atoms with E-state index in [4.69, 9.17) is 15.2 Å². The second-order valence-electron chi connectivity index (χ2n) is 5.34. The molecule has 0 aliphatic heterocycles. The number of rotatable bonds is 5. The zero-order chi connectivity index (χ0) is 13.8. The normalized spacial score (nSPS) is 22.3. The fourth-order valence-electron chi connectivity index (χ4n) is 2.81. The van der Waals surface area contributed by atoms with Gasteiger partial charge < -0.3 is 20.5 Å². The van der Waals surface area contributed by atoms with E-state index in [0.717, 1.165) is 24.1 Å². The maximum Gasteiger partial charge on any atom is 0.162 e. The average Bonchev–Trinajstić information content (AvgIpc) is 2.82. The largest absolute Gasteiger partial charge is 0.493 e. The van der Waals surface area contributed by atoms with Crippen LogP contribution in [0, 0.1) is 11.8 Å². The molecular formula is C15H24N2O2. The molecule has 1 aliphatic rings. The highest BCUT2D eigenvalue weighted by atomic mass is 16.5. The van der Waals surface area contributed by atoms with Gasteiger partial charge in [0.2, 0.25) is 0 Å². The predicted octanol–water partition coefficient (Wildman–Crippen LogP) is 3.13. The molecule has 2 atom stereocenters. The summed E-state index contributed by atoms with van der Waals surface area (Å²) < 4.78 is 10.5. The van der Waals surface area contributed by atoms with E-state index in [9.17, 15) is 0 Å². The highest BCUT2D eigenvalue weighted by molar-refractivity contribution is 5.72. The molecule has 19 heavy (non-hydrogen) atoms. The van der Waals surface area contributed by atoms with Crippen LogP contribution in [-0.2, 0) is 0 Å². The van der Waals surface area contributed by atoms with Crippen molar-refractivity contribution in [3.05, 3.63) is 12.1 Å². The zero-order valence-electron chi connectivity index (χ0n) is 12.0. The highest BCUT2D eigenvalue weighted by Gasteiger charge is 2.23. The lowest BCUT2D eigenvalue weighted by Gasteiger charge is -2.19. The Morgan fingerprint density at radius 2 is 1.89 bits per heavy atom. The first-order valence-corrected chi connectivity index (χ1v) is 6.91. The van der Waals surface area contributed by atoms with Crippen molar-refractivity contribution in [3.8, 4) is 11.5 Å². The van der Waals surface area contributed by atoms with Gasteiger partial charge in [-0.05, 0) is 18.3 Å². The smallest absolute Gasteiger partial charge is 0.162 e. The van der Waals surface area contributed by atoms with Gasteiger partial charge in [0.15, 0.2) is 11.5 Å². The van der Waals surface area contributed by atoms with Crippen molar-refractivity contribution in [1.29, 1.82) is 0 Å². The van der Waals surface area contributed by atoms with Gasteiger partial charge in [0, 0.05) is 18.7 Å². The molecule has 4 nitrogen and oxygen atoms in total. The zero-order valence-corrected chi connectivity index (χ0v) is 12.0. The molecule has 0 bridgehead atoms. The third-order valence-corrected chi connectivity index (χ3v) is 4.15. The molecular weight excluding hydrogens is 240 g/mol. The van der Waals surface area contributed by atoms with E-state index in [1.54, 1.807) is 20.3 Å². The maximum absolute atomic E-state index is 6.04. The first-order valence-electron chi connectivity index (χ1n) is 6.91. The van der Waals surface area contributed by atoms with E-state index >= 15 is 0 Å². The first-order chi connectivity index (χ1) is 9.15. The summed E-state index contributed by atoms with van der Waals surface area (Å²) >= 11 is 0. The van der Waals surface area contributed by atoms with Gasteiger partial charge in [-0.3, -0.25) is 0 Å². The molecule has 1 saturated carbocycles. The van der Waals surface area contributed by atoms with Crippen LogP contribution in [0.4, 0.5) is 11.4 Å². The molecule has 0 spiro atoms. The first kappa shape index (κ1) is 13.8. The fraction of sp³-hybridized carbons (Fsp3) is 0.600. The van der Waals surface area contributed by atoms with E-state index in [1.807, 2.05) is 6.07 Å². The Morgan fingerprint density at radius 3 is 2.47 bits per heavy atom. The summed E-state index contributed by atoms with van der Waals surface area (Å²) in [5, 5.41) is 3.45. The van der Waals surface area contributed by atoms with Crippen molar-refractivity contribution in [2.45, 2.75) is 26.2 Å². The summed E-state index contributed by atoms with van der Waals surface area (Å²) in [5.74, 6) is 2.92. The van der Waals surface area contributed by atoms with Crippen LogP contribution in [0.1, 0.15) is 26.2 Å². The minimum atomic E-state index is 0.666. The minimum Gasteiger partial charge on any atom is -0.493 e. The predicted molar refractivity (Wildman–Crippen MR) is 79.0 cm³/mol. The van der Waals surface area contributed by atoms with Gasteiger partial charge in [-0.15, -0.1) is 0 Å². The molecule has 0 heterocycles. The van der Waals surface area contributed by atoms with Gasteiger partial charge >= 0.3 is 0 Å². The van der Waals surface area contributed by atoms with E-state index in [-0.39, 0.29) is 0 Å². The number of nitrogens with one attached hydrogen (secondary N) is 1. The van der Waals surface area contributed by atoms with Gasteiger partial charge in [0.05, 0.1) is 25.6 Å². The molecule has 1 fully saturated rings. The standard InChI is InChI=1S/C15H24N2O2/c1-10-5-4-6-11(10)9-17-13-8-15(19-3)14(18-2)7-12(13)16/h7-8,10-11,17H,4-6,9,16H2,1-3H3. The van der Waals surface area contributed by atoms with Gasteiger partial charge in [0.1, 0.15) is 0 Å². The average molecular weight is 264 g/mol. The van der Waals surface area contributed by atoms with Crippen LogP contribution in [0.25, 0.3) is 0 Å². The number of hydrogen-bond donors (Lipinski definition) is 2. The SMILES string of the molecule is COc1cc(N)c(NCC2CCCC2C)cc1OC. The van der Waals surface area contributed by atoms with Crippen molar-refractivity contribution < 1.29 is 9.47 Å². The monoisotopic (exact) mass is 264 g/mol. The summed E-state index contributed by atoms with van der Waals surface area (Å²) in [5.41, 5.74) is 7.67. The molecule has 2 unspecified atom stereocenters.